The summed E-state index contributed by atoms with van der Waals surface area (Å²) in [5, 5.41) is 2.49. The van der Waals surface area contributed by atoms with E-state index in [1.54, 1.807) is 4.90 Å². The molecule has 3 amide bonds. The molecule has 3 N–H and O–H groups in total. The average Bonchev–Trinajstić information content (AvgIpc) is 3.43. The van der Waals surface area contributed by atoms with E-state index < -0.39 is 17.2 Å². The molecule has 1 aromatic carbocycles. The third-order valence-electron chi connectivity index (χ3n) is 5.10. The van der Waals surface area contributed by atoms with Crippen LogP contribution in [0.5, 0.6) is 0 Å². The number of rotatable bonds is 5. The molecule has 1 aliphatic carbocycles. The molecule has 132 valence electrons. The van der Waals surface area contributed by atoms with Crippen molar-refractivity contribution in [1.29, 1.82) is 0 Å². The molecular formula is C19H23N3O3. The molecular weight excluding hydrogens is 318 g/mol. The highest BCUT2D eigenvalue weighted by Gasteiger charge is 2.53. The molecule has 0 bridgehead atoms. The number of hydrogen-bond donors (Lipinski definition) is 2. The highest BCUT2D eigenvalue weighted by molar-refractivity contribution is 6.19. The van der Waals surface area contributed by atoms with E-state index in [1.165, 1.54) is 13.1 Å². The quantitative estimate of drug-likeness (QED) is 0.779. The summed E-state index contributed by atoms with van der Waals surface area (Å²) in [5.41, 5.74) is 6.84. The topological polar surface area (TPSA) is 92.5 Å². The highest BCUT2D eigenvalue weighted by atomic mass is 16.2. The van der Waals surface area contributed by atoms with Crippen molar-refractivity contribution >= 4 is 17.7 Å². The molecule has 0 saturated heterocycles. The van der Waals surface area contributed by atoms with Crippen molar-refractivity contribution in [2.75, 3.05) is 13.6 Å². The van der Waals surface area contributed by atoms with Gasteiger partial charge in [0.1, 0.15) is 5.57 Å². The van der Waals surface area contributed by atoms with Gasteiger partial charge in [-0.1, -0.05) is 29.8 Å². The lowest BCUT2D eigenvalue weighted by Gasteiger charge is -2.39. The minimum absolute atomic E-state index is 0.00608. The molecule has 1 unspecified atom stereocenters. The molecule has 6 nitrogen and oxygen atoms in total. The summed E-state index contributed by atoms with van der Waals surface area (Å²) in [4.78, 5) is 38.8. The molecule has 2 aliphatic rings. The van der Waals surface area contributed by atoms with Crippen LogP contribution in [0.25, 0.3) is 0 Å². The first-order valence-electron chi connectivity index (χ1n) is 8.47. The van der Waals surface area contributed by atoms with Crippen molar-refractivity contribution in [3.8, 4) is 0 Å². The lowest BCUT2D eigenvalue weighted by molar-refractivity contribution is -0.137. The number of nitrogens with one attached hydrogen (secondary N) is 1. The van der Waals surface area contributed by atoms with Crippen LogP contribution in [0.1, 0.15) is 24.0 Å². The molecule has 3 rings (SSSR count). The van der Waals surface area contributed by atoms with E-state index in [-0.39, 0.29) is 23.9 Å². The second kappa shape index (κ2) is 6.35. The number of carbonyl (C=O) groups excluding carboxylic acids is 3. The Morgan fingerprint density at radius 3 is 2.44 bits per heavy atom. The van der Waals surface area contributed by atoms with Crippen LogP contribution >= 0.6 is 0 Å². The zero-order chi connectivity index (χ0) is 18.2. The number of carbonyl (C=O) groups is 3. The van der Waals surface area contributed by atoms with E-state index in [0.29, 0.717) is 6.54 Å². The third kappa shape index (κ3) is 3.16. The van der Waals surface area contributed by atoms with Crippen molar-refractivity contribution in [2.24, 2.45) is 17.1 Å². The molecule has 1 saturated carbocycles. The fourth-order valence-corrected chi connectivity index (χ4v) is 3.46. The van der Waals surface area contributed by atoms with Crippen LogP contribution in [0.3, 0.4) is 0 Å². The maximum atomic E-state index is 12.8. The van der Waals surface area contributed by atoms with Gasteiger partial charge in [0.25, 0.3) is 11.8 Å². The van der Waals surface area contributed by atoms with E-state index in [2.05, 4.69) is 5.32 Å². The first kappa shape index (κ1) is 17.2. The fraction of sp³-hybridized carbons (Fsp3) is 0.421. The zero-order valence-electron chi connectivity index (χ0n) is 14.5. The van der Waals surface area contributed by atoms with Crippen LogP contribution in [-0.2, 0) is 20.9 Å². The van der Waals surface area contributed by atoms with E-state index in [4.69, 9.17) is 5.73 Å². The third-order valence-corrected chi connectivity index (χ3v) is 5.10. The lowest BCUT2D eigenvalue weighted by Crippen LogP contribution is -2.53. The monoisotopic (exact) mass is 341 g/mol. The van der Waals surface area contributed by atoms with E-state index in [0.717, 1.165) is 24.0 Å². The minimum atomic E-state index is -0.958. The summed E-state index contributed by atoms with van der Waals surface area (Å²) in [6, 6.07) is 7.84. The Bertz CT molecular complexity index is 750. The van der Waals surface area contributed by atoms with Crippen molar-refractivity contribution in [3.05, 3.63) is 47.0 Å². The summed E-state index contributed by atoms with van der Waals surface area (Å²) >= 11 is 0. The lowest BCUT2D eigenvalue weighted by atomic mass is 9.76. The van der Waals surface area contributed by atoms with Gasteiger partial charge in [-0.2, -0.15) is 0 Å². The van der Waals surface area contributed by atoms with Gasteiger partial charge in [-0.05, 0) is 37.3 Å². The van der Waals surface area contributed by atoms with Crippen LogP contribution in [-0.4, -0.2) is 36.2 Å². The van der Waals surface area contributed by atoms with E-state index in [9.17, 15) is 14.4 Å². The number of hydrogen-bond acceptors (Lipinski definition) is 3. The van der Waals surface area contributed by atoms with Gasteiger partial charge in [-0.25, -0.2) is 0 Å². The molecule has 1 fully saturated rings. The van der Waals surface area contributed by atoms with Crippen LogP contribution in [0, 0.1) is 18.3 Å². The van der Waals surface area contributed by atoms with Crippen molar-refractivity contribution in [3.63, 3.8) is 0 Å². The summed E-state index contributed by atoms with van der Waals surface area (Å²) in [7, 11) is 1.47. The molecule has 1 aromatic rings. The summed E-state index contributed by atoms with van der Waals surface area (Å²) in [5.74, 6) is -1.22. The Morgan fingerprint density at radius 1 is 1.28 bits per heavy atom. The molecule has 1 atom stereocenters. The van der Waals surface area contributed by atoms with Gasteiger partial charge in [-0.15, -0.1) is 0 Å². The maximum Gasteiger partial charge on any atom is 0.259 e. The highest BCUT2D eigenvalue weighted by Crippen LogP contribution is 2.49. The number of likely N-dealkylation sites (N-methyl/N-ethyl adjacent to an activating group) is 1. The average molecular weight is 341 g/mol. The Balaban J connectivity index is 1.97. The second-order valence-electron chi connectivity index (χ2n) is 6.96. The summed E-state index contributed by atoms with van der Waals surface area (Å²) in [6.07, 6.45) is 3.28. The Labute approximate surface area is 147 Å². The number of aryl methyl sites for hydroxylation is 1. The van der Waals surface area contributed by atoms with Gasteiger partial charge in [0.2, 0.25) is 5.91 Å². The molecule has 1 aliphatic heterocycles. The normalized spacial score (nSPS) is 23.2. The van der Waals surface area contributed by atoms with Crippen LogP contribution < -0.4 is 11.1 Å². The van der Waals surface area contributed by atoms with Crippen LogP contribution in [0.2, 0.25) is 0 Å². The van der Waals surface area contributed by atoms with Gasteiger partial charge in [0, 0.05) is 20.1 Å². The van der Waals surface area contributed by atoms with E-state index >= 15 is 0 Å². The van der Waals surface area contributed by atoms with Gasteiger partial charge in [0.05, 0.1) is 5.41 Å². The minimum Gasteiger partial charge on any atom is -0.369 e. The molecule has 6 heteroatoms. The van der Waals surface area contributed by atoms with Crippen LogP contribution in [0.15, 0.2) is 35.9 Å². The summed E-state index contributed by atoms with van der Waals surface area (Å²) < 4.78 is 0. The number of benzene rings is 1. The fourth-order valence-electron chi connectivity index (χ4n) is 3.46. The Hall–Kier alpha value is -2.63. The predicted octanol–water partition coefficient (Wildman–Crippen LogP) is 0.891. The largest absolute Gasteiger partial charge is 0.369 e. The van der Waals surface area contributed by atoms with Crippen molar-refractivity contribution < 1.29 is 14.4 Å². The maximum absolute atomic E-state index is 12.8. The van der Waals surface area contributed by atoms with Gasteiger partial charge < -0.3 is 16.0 Å². The number of nitrogens with zero attached hydrogens (tertiary/aromatic N) is 1. The number of nitrogens with two attached hydrogens (primary N) is 1. The molecule has 0 aromatic heterocycles. The Morgan fingerprint density at radius 2 is 1.92 bits per heavy atom. The van der Waals surface area contributed by atoms with E-state index in [1.807, 2.05) is 31.2 Å². The molecule has 25 heavy (non-hydrogen) atoms. The zero-order valence-corrected chi connectivity index (χ0v) is 14.5. The number of primary amides is 1. The van der Waals surface area contributed by atoms with Crippen molar-refractivity contribution in [2.45, 2.75) is 26.3 Å². The first-order valence-corrected chi connectivity index (χ1v) is 8.47. The number of amides is 3. The summed E-state index contributed by atoms with van der Waals surface area (Å²) in [6.45, 7) is 2.56. The standard InChI is InChI=1S/C19H23N3O3/c1-12-3-5-13(6-4-12)10-22-11-19(18(20)25,14-7-8-14)9-15(17(22)24)16(23)21-2/h3-6,9,14H,7-8,10-11H2,1-2H3,(H2,20,25)(H,21,23). The molecule has 0 spiro atoms. The van der Waals surface area contributed by atoms with Crippen molar-refractivity contribution in [1.82, 2.24) is 10.2 Å². The second-order valence-corrected chi connectivity index (χ2v) is 6.96. The predicted molar refractivity (Wildman–Crippen MR) is 93.1 cm³/mol. The SMILES string of the molecule is CNC(=O)C1=CC(C(N)=O)(C2CC2)CN(Cc2ccc(C)cc2)C1=O. The molecule has 1 heterocycles. The van der Waals surface area contributed by atoms with Gasteiger partial charge in [-0.3, -0.25) is 14.4 Å². The first-order chi connectivity index (χ1) is 11.9. The van der Waals surface area contributed by atoms with Gasteiger partial charge >= 0.3 is 0 Å². The smallest absolute Gasteiger partial charge is 0.259 e. The molecule has 0 radical (unpaired) electrons. The van der Waals surface area contributed by atoms with Gasteiger partial charge in [0.15, 0.2) is 0 Å². The Kier molecular flexibility index (Phi) is 4.37. The van der Waals surface area contributed by atoms with Crippen LogP contribution in [0.4, 0.5) is 0 Å².